The number of pyridine rings is 1. The van der Waals surface area contributed by atoms with Gasteiger partial charge in [-0.05, 0) is 31.7 Å². The standard InChI is InChI=1S/C14H22N4O/c1-9-7-11(18-6-5-14(3,4)8-18)12(10(2)16-9)13(15)17-19/h7,19H,5-6,8H2,1-4H3,(H2,15,17). The van der Waals surface area contributed by atoms with Crippen LogP contribution in [0.4, 0.5) is 5.69 Å². The van der Waals surface area contributed by atoms with Crippen LogP contribution in [0.2, 0.25) is 0 Å². The van der Waals surface area contributed by atoms with Crippen molar-refractivity contribution in [3.8, 4) is 0 Å². The van der Waals surface area contributed by atoms with Gasteiger partial charge in [-0.2, -0.15) is 0 Å². The first-order valence-electron chi connectivity index (χ1n) is 6.55. The molecule has 2 heterocycles. The molecule has 0 radical (unpaired) electrons. The lowest BCUT2D eigenvalue weighted by molar-refractivity contribution is 0.318. The maximum absolute atomic E-state index is 8.97. The highest BCUT2D eigenvalue weighted by Gasteiger charge is 2.31. The zero-order valence-corrected chi connectivity index (χ0v) is 12.1. The van der Waals surface area contributed by atoms with Crippen LogP contribution < -0.4 is 10.6 Å². The number of hydrogen-bond donors (Lipinski definition) is 2. The van der Waals surface area contributed by atoms with Gasteiger partial charge in [0.2, 0.25) is 0 Å². The second-order valence-electron chi connectivity index (χ2n) is 6.06. The van der Waals surface area contributed by atoms with Gasteiger partial charge in [0.1, 0.15) is 0 Å². The molecule has 0 aliphatic carbocycles. The van der Waals surface area contributed by atoms with E-state index in [1.54, 1.807) is 0 Å². The predicted octanol–water partition coefficient (Wildman–Crippen LogP) is 2.03. The number of hydrogen-bond acceptors (Lipinski definition) is 4. The lowest BCUT2D eigenvalue weighted by atomic mass is 9.93. The number of nitrogens with zero attached hydrogens (tertiary/aromatic N) is 3. The number of nitrogens with two attached hydrogens (primary N) is 1. The minimum atomic E-state index is 0.129. The molecule has 19 heavy (non-hydrogen) atoms. The summed E-state index contributed by atoms with van der Waals surface area (Å²) in [6.45, 7) is 10.3. The normalized spacial score (nSPS) is 18.9. The minimum absolute atomic E-state index is 0.129. The van der Waals surface area contributed by atoms with E-state index < -0.39 is 0 Å². The van der Waals surface area contributed by atoms with Crippen molar-refractivity contribution in [1.29, 1.82) is 0 Å². The molecular weight excluding hydrogens is 240 g/mol. The van der Waals surface area contributed by atoms with Crippen molar-refractivity contribution in [2.45, 2.75) is 34.1 Å². The average Bonchev–Trinajstić information content (AvgIpc) is 2.67. The Morgan fingerprint density at radius 2 is 2.16 bits per heavy atom. The first-order chi connectivity index (χ1) is 8.84. The summed E-state index contributed by atoms with van der Waals surface area (Å²) in [6, 6.07) is 2.02. The molecule has 1 aliphatic rings. The van der Waals surface area contributed by atoms with Crippen molar-refractivity contribution in [3.05, 3.63) is 23.0 Å². The molecule has 1 aromatic heterocycles. The van der Waals surface area contributed by atoms with Crippen molar-refractivity contribution in [2.75, 3.05) is 18.0 Å². The molecule has 104 valence electrons. The van der Waals surface area contributed by atoms with Crippen LogP contribution in [-0.2, 0) is 0 Å². The fourth-order valence-electron chi connectivity index (χ4n) is 2.74. The summed E-state index contributed by atoms with van der Waals surface area (Å²) < 4.78 is 0. The number of amidine groups is 1. The van der Waals surface area contributed by atoms with E-state index in [0.29, 0.717) is 5.41 Å². The van der Waals surface area contributed by atoms with Gasteiger partial charge in [-0.3, -0.25) is 4.98 Å². The highest BCUT2D eigenvalue weighted by Crippen LogP contribution is 2.34. The molecule has 0 bridgehead atoms. The molecule has 5 nitrogen and oxygen atoms in total. The van der Waals surface area contributed by atoms with Crippen LogP contribution in [0.3, 0.4) is 0 Å². The Hall–Kier alpha value is -1.78. The summed E-state index contributed by atoms with van der Waals surface area (Å²) in [4.78, 5) is 6.71. The molecule has 2 rings (SSSR count). The van der Waals surface area contributed by atoms with Crippen molar-refractivity contribution in [1.82, 2.24) is 4.98 Å². The van der Waals surface area contributed by atoms with E-state index in [4.69, 9.17) is 10.9 Å². The number of aromatic nitrogens is 1. The number of rotatable bonds is 2. The lowest BCUT2D eigenvalue weighted by Crippen LogP contribution is -2.27. The molecule has 0 unspecified atom stereocenters. The second-order valence-corrected chi connectivity index (χ2v) is 6.06. The molecule has 3 N–H and O–H groups in total. The monoisotopic (exact) mass is 262 g/mol. The first-order valence-corrected chi connectivity index (χ1v) is 6.55. The van der Waals surface area contributed by atoms with Crippen LogP contribution in [0.25, 0.3) is 0 Å². The van der Waals surface area contributed by atoms with Gasteiger partial charge < -0.3 is 15.8 Å². The Balaban J connectivity index is 2.50. The molecule has 1 aliphatic heterocycles. The topological polar surface area (TPSA) is 74.7 Å². The van der Waals surface area contributed by atoms with E-state index in [-0.39, 0.29) is 5.84 Å². The fraction of sp³-hybridized carbons (Fsp3) is 0.571. The van der Waals surface area contributed by atoms with Gasteiger partial charge in [-0.15, -0.1) is 0 Å². The average molecular weight is 262 g/mol. The molecule has 0 amide bonds. The highest BCUT2D eigenvalue weighted by atomic mass is 16.4. The van der Waals surface area contributed by atoms with Gasteiger partial charge in [0.05, 0.1) is 16.9 Å². The zero-order valence-electron chi connectivity index (χ0n) is 12.1. The Morgan fingerprint density at radius 3 is 2.68 bits per heavy atom. The van der Waals surface area contributed by atoms with E-state index in [0.717, 1.165) is 42.1 Å². The summed E-state index contributed by atoms with van der Waals surface area (Å²) in [7, 11) is 0. The van der Waals surface area contributed by atoms with Gasteiger partial charge in [0.25, 0.3) is 0 Å². The molecular formula is C14H22N4O. The summed E-state index contributed by atoms with van der Waals surface area (Å²) >= 11 is 0. The van der Waals surface area contributed by atoms with Gasteiger partial charge in [-0.1, -0.05) is 19.0 Å². The molecule has 0 atom stereocenters. The Bertz CT molecular complexity index is 522. The van der Waals surface area contributed by atoms with Gasteiger partial charge in [0.15, 0.2) is 5.84 Å². The van der Waals surface area contributed by atoms with Crippen molar-refractivity contribution < 1.29 is 5.21 Å². The van der Waals surface area contributed by atoms with Crippen LogP contribution in [-0.4, -0.2) is 29.1 Å². The third kappa shape index (κ3) is 2.64. The minimum Gasteiger partial charge on any atom is -0.409 e. The SMILES string of the molecule is Cc1cc(N2CCC(C)(C)C2)c(/C(N)=N/O)c(C)n1. The maximum atomic E-state index is 8.97. The number of aryl methyl sites for hydroxylation is 2. The van der Waals surface area contributed by atoms with Crippen LogP contribution in [0.5, 0.6) is 0 Å². The summed E-state index contributed by atoms with van der Waals surface area (Å²) in [5.74, 6) is 0.129. The quantitative estimate of drug-likeness (QED) is 0.370. The van der Waals surface area contributed by atoms with Crippen LogP contribution in [0.1, 0.15) is 37.2 Å². The third-order valence-electron chi connectivity index (χ3n) is 3.69. The van der Waals surface area contributed by atoms with Crippen molar-refractivity contribution in [3.63, 3.8) is 0 Å². The molecule has 1 aromatic rings. The summed E-state index contributed by atoms with van der Waals surface area (Å²) in [6.07, 6.45) is 1.14. The first kappa shape index (κ1) is 13.6. The molecule has 1 fully saturated rings. The largest absolute Gasteiger partial charge is 0.409 e. The molecule has 0 spiro atoms. The van der Waals surface area contributed by atoms with Crippen LogP contribution in [0.15, 0.2) is 11.2 Å². The second kappa shape index (κ2) is 4.72. The summed E-state index contributed by atoms with van der Waals surface area (Å²) in [5.41, 5.74) is 9.63. The predicted molar refractivity (Wildman–Crippen MR) is 76.8 cm³/mol. The van der Waals surface area contributed by atoms with Gasteiger partial charge in [0, 0.05) is 18.8 Å². The van der Waals surface area contributed by atoms with Crippen molar-refractivity contribution >= 4 is 11.5 Å². The highest BCUT2D eigenvalue weighted by molar-refractivity contribution is 6.03. The summed E-state index contributed by atoms with van der Waals surface area (Å²) in [5, 5.41) is 12.1. The van der Waals surface area contributed by atoms with E-state index in [1.807, 2.05) is 19.9 Å². The van der Waals surface area contributed by atoms with Crippen LogP contribution in [0, 0.1) is 19.3 Å². The molecule has 5 heteroatoms. The van der Waals surface area contributed by atoms with Crippen molar-refractivity contribution in [2.24, 2.45) is 16.3 Å². The van der Waals surface area contributed by atoms with Gasteiger partial charge >= 0.3 is 0 Å². The Kier molecular flexibility index (Phi) is 3.39. The molecule has 0 saturated carbocycles. The Morgan fingerprint density at radius 1 is 1.47 bits per heavy atom. The smallest absolute Gasteiger partial charge is 0.174 e. The van der Waals surface area contributed by atoms with Gasteiger partial charge in [-0.25, -0.2) is 0 Å². The third-order valence-corrected chi connectivity index (χ3v) is 3.69. The fourth-order valence-corrected chi connectivity index (χ4v) is 2.74. The zero-order chi connectivity index (χ0) is 14.2. The maximum Gasteiger partial charge on any atom is 0.174 e. The lowest BCUT2D eigenvalue weighted by Gasteiger charge is -2.25. The van der Waals surface area contributed by atoms with E-state index >= 15 is 0 Å². The molecule has 0 aromatic carbocycles. The van der Waals surface area contributed by atoms with E-state index in [2.05, 4.69) is 28.9 Å². The number of anilines is 1. The van der Waals surface area contributed by atoms with E-state index in [9.17, 15) is 0 Å². The number of oxime groups is 1. The molecule has 1 saturated heterocycles. The Labute approximate surface area is 114 Å². The van der Waals surface area contributed by atoms with Crippen LogP contribution >= 0.6 is 0 Å². The van der Waals surface area contributed by atoms with E-state index in [1.165, 1.54) is 0 Å².